The first-order chi connectivity index (χ1) is 19.5. The van der Waals surface area contributed by atoms with Crippen molar-refractivity contribution < 1.29 is 19.4 Å². The second-order valence-electron chi connectivity index (χ2n) is 9.77. The molecule has 0 heterocycles. The molecule has 0 radical (unpaired) electrons. The van der Waals surface area contributed by atoms with Crippen LogP contribution in [-0.4, -0.2) is 23.6 Å². The van der Waals surface area contributed by atoms with Crippen molar-refractivity contribution in [3.8, 4) is 17.6 Å². The molecule has 0 saturated carbocycles. The highest BCUT2D eigenvalue weighted by Gasteiger charge is 2.08. The summed E-state index contributed by atoms with van der Waals surface area (Å²) in [5.74, 6) is 5.84. The molecule has 0 saturated heterocycles. The second-order valence-corrected chi connectivity index (χ2v) is 9.77. The Balaban J connectivity index is 1.57. The Morgan fingerprint density at radius 2 is 1.52 bits per heavy atom. The lowest BCUT2D eigenvalue weighted by Gasteiger charge is -2.10. The number of carboxylic acid groups (broad SMARTS) is 1. The molecule has 5 nitrogen and oxygen atoms in total. The van der Waals surface area contributed by atoms with Crippen molar-refractivity contribution in [2.45, 2.75) is 64.8 Å². The van der Waals surface area contributed by atoms with Crippen LogP contribution in [-0.2, 0) is 22.6 Å². The molecule has 3 aromatic rings. The molecule has 0 aliphatic heterocycles. The summed E-state index contributed by atoms with van der Waals surface area (Å²) in [5, 5.41) is 11.7. The highest BCUT2D eigenvalue weighted by molar-refractivity contribution is 5.95. The smallest absolute Gasteiger partial charge is 0.341 e. The Morgan fingerprint density at radius 1 is 0.850 bits per heavy atom. The Hall–Kier alpha value is -4.30. The number of allylic oxidation sites excluding steroid dienone is 1. The summed E-state index contributed by atoms with van der Waals surface area (Å²) >= 11 is 0. The minimum Gasteiger partial charge on any atom is -0.482 e. The molecule has 3 rings (SSSR count). The number of ether oxygens (including phenoxy) is 1. The maximum absolute atomic E-state index is 12.8. The van der Waals surface area contributed by atoms with Gasteiger partial charge in [-0.05, 0) is 59.4 Å². The molecule has 0 unspecified atom stereocenters. The number of nitrogens with one attached hydrogen (secondary N) is 1. The third-order valence-corrected chi connectivity index (χ3v) is 6.44. The molecule has 0 fully saturated rings. The maximum atomic E-state index is 12.8. The van der Waals surface area contributed by atoms with Gasteiger partial charge in [-0.1, -0.05) is 105 Å². The number of hydrogen-bond donors (Lipinski definition) is 2. The Bertz CT molecular complexity index is 1280. The minimum atomic E-state index is -1.03. The lowest BCUT2D eigenvalue weighted by Crippen LogP contribution is -2.21. The van der Waals surface area contributed by atoms with Gasteiger partial charge in [0, 0.05) is 24.6 Å². The van der Waals surface area contributed by atoms with Crippen LogP contribution in [0.25, 0.3) is 5.57 Å². The van der Waals surface area contributed by atoms with Crippen molar-refractivity contribution in [2.24, 2.45) is 0 Å². The van der Waals surface area contributed by atoms with Crippen LogP contribution in [0.1, 0.15) is 74.1 Å². The molecule has 0 spiro atoms. The third-order valence-electron chi connectivity index (χ3n) is 6.44. The van der Waals surface area contributed by atoms with E-state index in [0.29, 0.717) is 18.7 Å². The molecule has 40 heavy (non-hydrogen) atoms. The van der Waals surface area contributed by atoms with Crippen molar-refractivity contribution in [1.82, 2.24) is 5.32 Å². The van der Waals surface area contributed by atoms with E-state index >= 15 is 0 Å². The van der Waals surface area contributed by atoms with Crippen LogP contribution < -0.4 is 10.1 Å². The first-order valence-corrected chi connectivity index (χ1v) is 14.1. The highest BCUT2D eigenvalue weighted by atomic mass is 16.5. The number of aliphatic carboxylic acids is 1. The van der Waals surface area contributed by atoms with Gasteiger partial charge in [0.05, 0.1) is 0 Å². The first-order valence-electron chi connectivity index (χ1n) is 14.1. The van der Waals surface area contributed by atoms with E-state index in [4.69, 9.17) is 9.84 Å². The number of carbonyl (C=O) groups is 2. The van der Waals surface area contributed by atoms with Crippen molar-refractivity contribution in [2.75, 3.05) is 6.61 Å². The Kier molecular flexibility index (Phi) is 13.1. The van der Waals surface area contributed by atoms with Crippen LogP contribution in [0, 0.1) is 11.8 Å². The SMILES string of the molecule is CCCCCCCCC#Cc1ccc(CC(=CC(=O)NCc2ccc(OCC(=O)O)cc2)c2ccccc2)cc1. The number of unbranched alkanes of at least 4 members (excludes halogenated alkanes) is 6. The summed E-state index contributed by atoms with van der Waals surface area (Å²) in [6, 6.07) is 25.2. The average Bonchev–Trinajstić information content (AvgIpc) is 2.98. The number of hydrogen-bond acceptors (Lipinski definition) is 3. The van der Waals surface area contributed by atoms with Crippen LogP contribution in [0.3, 0.4) is 0 Å². The normalized spacial score (nSPS) is 10.9. The number of carboxylic acids is 1. The van der Waals surface area contributed by atoms with E-state index in [1.54, 1.807) is 30.3 Å². The fourth-order valence-corrected chi connectivity index (χ4v) is 4.22. The first kappa shape index (κ1) is 30.2. The summed E-state index contributed by atoms with van der Waals surface area (Å²) in [5.41, 5.74) is 4.94. The average molecular weight is 538 g/mol. The molecule has 1 amide bonds. The van der Waals surface area contributed by atoms with E-state index in [2.05, 4.69) is 48.3 Å². The van der Waals surface area contributed by atoms with Gasteiger partial charge in [-0.25, -0.2) is 4.79 Å². The van der Waals surface area contributed by atoms with Crippen LogP contribution in [0.5, 0.6) is 5.75 Å². The van der Waals surface area contributed by atoms with Gasteiger partial charge < -0.3 is 15.2 Å². The standard InChI is InChI=1S/C35H39NO4/c1-2-3-4-5-6-7-8-10-13-28-16-18-29(19-17-28)24-32(31-14-11-9-12-15-31)25-34(37)36-26-30-20-22-33(23-21-30)40-27-35(38)39/h9,11-12,14-23,25H,2-8,24,26-27H2,1H3,(H,36,37)(H,38,39). The maximum Gasteiger partial charge on any atom is 0.341 e. The molecule has 0 atom stereocenters. The molecular formula is C35H39NO4. The van der Waals surface area contributed by atoms with Crippen LogP contribution in [0.15, 0.2) is 84.9 Å². The van der Waals surface area contributed by atoms with Gasteiger partial charge in [0.2, 0.25) is 5.91 Å². The monoisotopic (exact) mass is 537 g/mol. The molecule has 0 aliphatic rings. The number of amides is 1. The molecular weight excluding hydrogens is 498 g/mol. The second kappa shape index (κ2) is 17.3. The van der Waals surface area contributed by atoms with Crippen LogP contribution in [0.2, 0.25) is 0 Å². The van der Waals surface area contributed by atoms with Crippen LogP contribution >= 0.6 is 0 Å². The van der Waals surface area contributed by atoms with E-state index in [1.165, 1.54) is 32.1 Å². The lowest BCUT2D eigenvalue weighted by molar-refractivity contribution is -0.139. The summed E-state index contributed by atoms with van der Waals surface area (Å²) < 4.78 is 5.15. The summed E-state index contributed by atoms with van der Waals surface area (Å²) in [7, 11) is 0. The van der Waals surface area contributed by atoms with E-state index in [0.717, 1.165) is 40.7 Å². The Labute approximate surface area is 238 Å². The minimum absolute atomic E-state index is 0.178. The fraction of sp³-hybridized carbons (Fsp3) is 0.314. The van der Waals surface area contributed by atoms with Crippen molar-refractivity contribution in [1.29, 1.82) is 0 Å². The van der Waals surface area contributed by atoms with E-state index in [-0.39, 0.29) is 5.91 Å². The zero-order chi connectivity index (χ0) is 28.4. The summed E-state index contributed by atoms with van der Waals surface area (Å²) in [6.45, 7) is 2.20. The van der Waals surface area contributed by atoms with Crippen molar-refractivity contribution in [3.63, 3.8) is 0 Å². The van der Waals surface area contributed by atoms with Gasteiger partial charge in [0.25, 0.3) is 0 Å². The van der Waals surface area contributed by atoms with Gasteiger partial charge in [0.1, 0.15) is 5.75 Å². The molecule has 5 heteroatoms. The summed E-state index contributed by atoms with van der Waals surface area (Å²) in [6.07, 6.45) is 10.9. The molecule has 0 aromatic heterocycles. The number of rotatable bonds is 15. The molecule has 0 bridgehead atoms. The molecule has 3 aromatic carbocycles. The number of carbonyl (C=O) groups excluding carboxylic acids is 1. The lowest BCUT2D eigenvalue weighted by atomic mass is 9.97. The quantitative estimate of drug-likeness (QED) is 0.122. The summed E-state index contributed by atoms with van der Waals surface area (Å²) in [4.78, 5) is 23.5. The molecule has 2 N–H and O–H groups in total. The molecule has 0 aliphatic carbocycles. The van der Waals surface area contributed by atoms with E-state index < -0.39 is 12.6 Å². The van der Waals surface area contributed by atoms with Gasteiger partial charge in [0.15, 0.2) is 6.61 Å². The zero-order valence-corrected chi connectivity index (χ0v) is 23.3. The van der Waals surface area contributed by atoms with Gasteiger partial charge in [-0.15, -0.1) is 0 Å². The van der Waals surface area contributed by atoms with Gasteiger partial charge in [-0.2, -0.15) is 0 Å². The zero-order valence-electron chi connectivity index (χ0n) is 23.3. The van der Waals surface area contributed by atoms with E-state index in [9.17, 15) is 9.59 Å². The van der Waals surface area contributed by atoms with Crippen molar-refractivity contribution in [3.05, 3.63) is 107 Å². The van der Waals surface area contributed by atoms with E-state index in [1.807, 2.05) is 30.3 Å². The fourth-order valence-electron chi connectivity index (χ4n) is 4.22. The highest BCUT2D eigenvalue weighted by Crippen LogP contribution is 2.20. The third kappa shape index (κ3) is 11.6. The van der Waals surface area contributed by atoms with Crippen LogP contribution in [0.4, 0.5) is 0 Å². The topological polar surface area (TPSA) is 75.6 Å². The predicted molar refractivity (Wildman–Crippen MR) is 161 cm³/mol. The Morgan fingerprint density at radius 3 is 2.23 bits per heavy atom. The molecule has 208 valence electrons. The predicted octanol–water partition coefficient (Wildman–Crippen LogP) is 7.19. The van der Waals surface area contributed by atoms with Gasteiger partial charge in [-0.3, -0.25) is 4.79 Å². The largest absolute Gasteiger partial charge is 0.482 e. The van der Waals surface area contributed by atoms with Crippen molar-refractivity contribution >= 4 is 17.4 Å². The number of benzene rings is 3. The van der Waals surface area contributed by atoms with Gasteiger partial charge >= 0.3 is 5.97 Å².